The second-order valence-electron chi connectivity index (χ2n) is 3.56. The van der Waals surface area contributed by atoms with Gasteiger partial charge in [0.05, 0.1) is 5.69 Å². The highest BCUT2D eigenvalue weighted by Crippen LogP contribution is 2.19. The number of rotatable bonds is 4. The molecule has 1 unspecified atom stereocenters. The highest BCUT2D eigenvalue weighted by Gasteiger charge is 2.14. The van der Waals surface area contributed by atoms with Gasteiger partial charge in [0, 0.05) is 11.4 Å². The van der Waals surface area contributed by atoms with Crippen LogP contribution in [0.1, 0.15) is 25.5 Å². The Kier molecular flexibility index (Phi) is 3.37. The van der Waals surface area contributed by atoms with Crippen LogP contribution in [-0.2, 0) is 6.42 Å². The molecular weight excluding hydrogens is 196 g/mol. The van der Waals surface area contributed by atoms with Crippen LogP contribution in [-0.4, -0.2) is 24.2 Å². The summed E-state index contributed by atoms with van der Waals surface area (Å²) in [7, 11) is 0. The van der Waals surface area contributed by atoms with Crippen LogP contribution in [0.3, 0.4) is 0 Å². The van der Waals surface area contributed by atoms with E-state index in [0.717, 1.165) is 30.5 Å². The summed E-state index contributed by atoms with van der Waals surface area (Å²) in [4.78, 5) is 4.36. The minimum atomic E-state index is 0.531. The first-order valence-electron chi connectivity index (χ1n) is 5.19. The molecule has 0 aliphatic carbocycles. The Hall–Kier alpha value is -0.610. The van der Waals surface area contributed by atoms with Crippen LogP contribution in [0, 0.1) is 0 Å². The fourth-order valence-corrected chi connectivity index (χ4v) is 2.35. The molecule has 1 saturated heterocycles. The van der Waals surface area contributed by atoms with E-state index in [1.54, 1.807) is 11.3 Å². The number of hydrogen-bond acceptors (Lipinski definition) is 4. The lowest BCUT2D eigenvalue weighted by molar-refractivity contribution is 0.275. The Labute approximate surface area is 88.5 Å². The van der Waals surface area contributed by atoms with Gasteiger partial charge in [-0.2, -0.15) is 0 Å². The molecule has 78 valence electrons. The molecule has 2 heterocycles. The standard InChI is InChI=1S/C10H16N2OS/c1-2-8-7-14-10(12-8)13-6-9-4-3-5-11-9/h7,9,11H,2-6H2,1H3. The fourth-order valence-electron chi connectivity index (χ4n) is 1.59. The summed E-state index contributed by atoms with van der Waals surface area (Å²) < 4.78 is 5.62. The van der Waals surface area contributed by atoms with Crippen molar-refractivity contribution in [2.75, 3.05) is 13.2 Å². The predicted molar refractivity (Wildman–Crippen MR) is 58.0 cm³/mol. The molecule has 3 nitrogen and oxygen atoms in total. The van der Waals surface area contributed by atoms with E-state index in [-0.39, 0.29) is 0 Å². The van der Waals surface area contributed by atoms with E-state index in [2.05, 4.69) is 22.6 Å². The molecule has 1 aromatic heterocycles. The van der Waals surface area contributed by atoms with Crippen LogP contribution >= 0.6 is 11.3 Å². The van der Waals surface area contributed by atoms with Crippen LogP contribution in [0.15, 0.2) is 5.38 Å². The average molecular weight is 212 g/mol. The minimum Gasteiger partial charge on any atom is -0.468 e. The van der Waals surface area contributed by atoms with Crippen molar-refractivity contribution in [1.29, 1.82) is 0 Å². The summed E-state index contributed by atoms with van der Waals surface area (Å²) in [5.41, 5.74) is 1.13. The van der Waals surface area contributed by atoms with Crippen molar-refractivity contribution in [3.8, 4) is 5.19 Å². The van der Waals surface area contributed by atoms with Crippen LogP contribution in [0.5, 0.6) is 5.19 Å². The molecule has 1 atom stereocenters. The van der Waals surface area contributed by atoms with Gasteiger partial charge in [0.2, 0.25) is 0 Å². The van der Waals surface area contributed by atoms with Crippen molar-refractivity contribution in [3.63, 3.8) is 0 Å². The van der Waals surface area contributed by atoms with E-state index in [0.29, 0.717) is 6.04 Å². The number of aromatic nitrogens is 1. The number of nitrogens with zero attached hydrogens (tertiary/aromatic N) is 1. The molecule has 1 aliphatic heterocycles. The maximum Gasteiger partial charge on any atom is 0.273 e. The van der Waals surface area contributed by atoms with Crippen molar-refractivity contribution < 1.29 is 4.74 Å². The van der Waals surface area contributed by atoms with Crippen molar-refractivity contribution in [2.45, 2.75) is 32.2 Å². The third-order valence-electron chi connectivity index (χ3n) is 2.46. The molecule has 0 saturated carbocycles. The molecule has 2 rings (SSSR count). The van der Waals surface area contributed by atoms with Gasteiger partial charge in [-0.1, -0.05) is 18.3 Å². The van der Waals surface area contributed by atoms with Crippen molar-refractivity contribution in [3.05, 3.63) is 11.1 Å². The molecule has 0 spiro atoms. The first-order chi connectivity index (χ1) is 6.88. The SMILES string of the molecule is CCc1csc(OCC2CCCN2)n1. The van der Waals surface area contributed by atoms with Crippen molar-refractivity contribution >= 4 is 11.3 Å². The molecule has 0 bridgehead atoms. The average Bonchev–Trinajstić information content (AvgIpc) is 2.86. The second kappa shape index (κ2) is 4.75. The van der Waals surface area contributed by atoms with Crippen LogP contribution in [0.25, 0.3) is 0 Å². The number of ether oxygens (including phenoxy) is 1. The van der Waals surface area contributed by atoms with Gasteiger partial charge in [0.1, 0.15) is 6.61 Å². The molecule has 1 fully saturated rings. The molecular formula is C10H16N2OS. The number of thiazole rings is 1. The largest absolute Gasteiger partial charge is 0.468 e. The molecule has 0 aromatic carbocycles. The maximum atomic E-state index is 5.62. The van der Waals surface area contributed by atoms with E-state index >= 15 is 0 Å². The first kappa shape index (κ1) is 9.93. The minimum absolute atomic E-state index is 0.531. The van der Waals surface area contributed by atoms with Gasteiger partial charge in [0.25, 0.3) is 5.19 Å². The number of nitrogens with one attached hydrogen (secondary N) is 1. The third-order valence-corrected chi connectivity index (χ3v) is 3.26. The summed E-state index contributed by atoms with van der Waals surface area (Å²) in [6.45, 7) is 4.00. The highest BCUT2D eigenvalue weighted by molar-refractivity contribution is 7.11. The van der Waals surface area contributed by atoms with E-state index in [9.17, 15) is 0 Å². The maximum absolute atomic E-state index is 5.62. The van der Waals surface area contributed by atoms with Gasteiger partial charge >= 0.3 is 0 Å². The lowest BCUT2D eigenvalue weighted by Crippen LogP contribution is -2.28. The zero-order valence-electron chi connectivity index (χ0n) is 8.45. The summed E-state index contributed by atoms with van der Waals surface area (Å²) in [6, 6.07) is 0.531. The predicted octanol–water partition coefficient (Wildman–Crippen LogP) is 1.84. The summed E-state index contributed by atoms with van der Waals surface area (Å²) >= 11 is 1.60. The molecule has 0 amide bonds. The smallest absolute Gasteiger partial charge is 0.273 e. The van der Waals surface area contributed by atoms with Gasteiger partial charge in [-0.3, -0.25) is 0 Å². The third kappa shape index (κ3) is 2.45. The zero-order valence-corrected chi connectivity index (χ0v) is 9.27. The number of hydrogen-bond donors (Lipinski definition) is 1. The van der Waals surface area contributed by atoms with Gasteiger partial charge in [0.15, 0.2) is 0 Å². The Balaban J connectivity index is 1.79. The van der Waals surface area contributed by atoms with Crippen LogP contribution in [0.4, 0.5) is 0 Å². The Morgan fingerprint density at radius 3 is 3.29 bits per heavy atom. The van der Waals surface area contributed by atoms with E-state index in [1.165, 1.54) is 12.8 Å². The second-order valence-corrected chi connectivity index (χ2v) is 4.38. The highest BCUT2D eigenvalue weighted by atomic mass is 32.1. The van der Waals surface area contributed by atoms with E-state index in [1.807, 2.05) is 0 Å². The molecule has 1 aromatic rings. The van der Waals surface area contributed by atoms with E-state index in [4.69, 9.17) is 4.74 Å². The summed E-state index contributed by atoms with van der Waals surface area (Å²) in [6.07, 6.45) is 3.49. The molecule has 1 aliphatic rings. The zero-order chi connectivity index (χ0) is 9.80. The van der Waals surface area contributed by atoms with E-state index < -0.39 is 0 Å². The van der Waals surface area contributed by atoms with Crippen molar-refractivity contribution in [1.82, 2.24) is 10.3 Å². The van der Waals surface area contributed by atoms with Crippen LogP contribution in [0.2, 0.25) is 0 Å². The first-order valence-corrected chi connectivity index (χ1v) is 6.07. The molecule has 1 N–H and O–H groups in total. The normalized spacial score (nSPS) is 21.4. The van der Waals surface area contributed by atoms with Crippen LogP contribution < -0.4 is 10.1 Å². The Bertz CT molecular complexity index is 281. The summed E-state index contributed by atoms with van der Waals surface area (Å²) in [5, 5.41) is 6.28. The lowest BCUT2D eigenvalue weighted by Gasteiger charge is -2.09. The van der Waals surface area contributed by atoms with Gasteiger partial charge in [-0.25, -0.2) is 4.98 Å². The fraction of sp³-hybridized carbons (Fsp3) is 0.700. The molecule has 14 heavy (non-hydrogen) atoms. The number of aryl methyl sites for hydroxylation is 1. The Morgan fingerprint density at radius 2 is 2.64 bits per heavy atom. The van der Waals surface area contributed by atoms with Gasteiger partial charge in [-0.05, 0) is 25.8 Å². The van der Waals surface area contributed by atoms with Gasteiger partial charge in [-0.15, -0.1) is 0 Å². The molecule has 0 radical (unpaired) electrons. The van der Waals surface area contributed by atoms with Gasteiger partial charge < -0.3 is 10.1 Å². The molecule has 4 heteroatoms. The quantitative estimate of drug-likeness (QED) is 0.827. The lowest BCUT2D eigenvalue weighted by atomic mass is 10.2. The Morgan fingerprint density at radius 1 is 1.71 bits per heavy atom. The summed E-state index contributed by atoms with van der Waals surface area (Å²) in [5.74, 6) is 0. The van der Waals surface area contributed by atoms with Crippen molar-refractivity contribution in [2.24, 2.45) is 0 Å². The monoisotopic (exact) mass is 212 g/mol. The topological polar surface area (TPSA) is 34.1 Å².